The largest absolute Gasteiger partial charge is 0.627 e. The fraction of sp³-hybridized carbons (Fsp3) is 0.533. The number of alkyl carbamates (subject to hydrolysis) is 1. The summed E-state index contributed by atoms with van der Waals surface area (Å²) in [6.07, 6.45) is 2.68. The van der Waals surface area contributed by atoms with Crippen molar-refractivity contribution in [2.75, 3.05) is 0 Å². The highest BCUT2D eigenvalue weighted by Gasteiger charge is 2.47. The van der Waals surface area contributed by atoms with Crippen LogP contribution in [-0.2, 0) is 22.5 Å². The summed E-state index contributed by atoms with van der Waals surface area (Å²) in [6.45, 7) is 7.47. The quantitative estimate of drug-likeness (QED) is 0.230. The first kappa shape index (κ1) is 28.8. The molecule has 2 heterocycles. The molecule has 0 radical (unpaired) electrons. The van der Waals surface area contributed by atoms with Crippen LogP contribution in [0.25, 0.3) is 0 Å². The van der Waals surface area contributed by atoms with E-state index in [2.05, 4.69) is 16.0 Å². The number of halogens is 1. The molecule has 40 heavy (non-hydrogen) atoms. The number of nitrogens with two attached hydrogens (primary N) is 1. The van der Waals surface area contributed by atoms with Gasteiger partial charge < -0.3 is 31.0 Å². The van der Waals surface area contributed by atoms with Crippen LogP contribution in [0.2, 0.25) is 5.02 Å². The van der Waals surface area contributed by atoms with E-state index < -0.39 is 22.4 Å². The molecule has 5 rings (SSSR count). The summed E-state index contributed by atoms with van der Waals surface area (Å²) in [5, 5.41) is 24.7. The minimum Gasteiger partial charge on any atom is -0.627 e. The van der Waals surface area contributed by atoms with Gasteiger partial charge in [0.15, 0.2) is 6.04 Å². The van der Waals surface area contributed by atoms with Gasteiger partial charge in [-0.2, -0.15) is 0 Å². The van der Waals surface area contributed by atoms with Crippen molar-refractivity contribution in [2.24, 2.45) is 5.73 Å². The number of carbonyl (C=O) groups excluding carboxylic acids is 2. The highest BCUT2D eigenvalue weighted by molar-refractivity contribution is 6.32. The number of hydrogen-bond donors (Lipinski definition) is 4. The molecule has 4 atom stereocenters. The van der Waals surface area contributed by atoms with Crippen molar-refractivity contribution in [1.82, 2.24) is 20.6 Å². The van der Waals surface area contributed by atoms with Crippen LogP contribution in [0.1, 0.15) is 74.8 Å². The topological polar surface area (TPSA) is 138 Å². The molecule has 0 bridgehead atoms. The Labute approximate surface area is 240 Å². The number of fused-ring (bicyclic) bond motifs is 1. The maximum Gasteiger partial charge on any atom is 0.407 e. The maximum atomic E-state index is 14.8. The predicted molar refractivity (Wildman–Crippen MR) is 156 cm³/mol. The van der Waals surface area contributed by atoms with E-state index in [1.807, 2.05) is 64.1 Å². The number of nitrogens with one attached hydrogen (secondary N) is 3. The number of quaternary nitrogens is 1. The molecule has 1 aliphatic carbocycles. The van der Waals surface area contributed by atoms with E-state index in [4.69, 9.17) is 22.1 Å². The van der Waals surface area contributed by atoms with E-state index in [1.54, 1.807) is 0 Å². The van der Waals surface area contributed by atoms with Crippen molar-refractivity contribution in [3.8, 4) is 0 Å². The van der Waals surface area contributed by atoms with Gasteiger partial charge in [0.1, 0.15) is 17.8 Å². The van der Waals surface area contributed by atoms with Crippen LogP contribution in [0.15, 0.2) is 36.4 Å². The van der Waals surface area contributed by atoms with Crippen LogP contribution in [0.4, 0.5) is 10.5 Å². The molecule has 4 unspecified atom stereocenters. The Bertz CT molecular complexity index is 1290. The van der Waals surface area contributed by atoms with E-state index in [9.17, 15) is 14.8 Å². The van der Waals surface area contributed by atoms with Gasteiger partial charge >= 0.3 is 6.09 Å². The third kappa shape index (κ3) is 6.14. The molecule has 2 fully saturated rings. The summed E-state index contributed by atoms with van der Waals surface area (Å²) in [5.41, 5.74) is 9.50. The molecule has 2 aromatic carbocycles. The molecule has 0 aromatic heterocycles. The second-order valence-corrected chi connectivity index (χ2v) is 12.9. The molecule has 9 nitrogen and oxygen atoms in total. The molecule has 2 aliphatic heterocycles. The summed E-state index contributed by atoms with van der Waals surface area (Å²) >= 11 is 6.62. The average molecular weight is 570 g/mol. The van der Waals surface area contributed by atoms with Crippen molar-refractivity contribution in [2.45, 2.75) is 102 Å². The molecule has 216 valence electrons. The molecule has 0 spiro atoms. The molecule has 10 heteroatoms. The van der Waals surface area contributed by atoms with E-state index in [1.165, 1.54) is 0 Å². The lowest BCUT2D eigenvalue weighted by Crippen LogP contribution is -2.58. The fourth-order valence-electron chi connectivity index (χ4n) is 5.99. The van der Waals surface area contributed by atoms with Gasteiger partial charge in [-0.1, -0.05) is 41.9 Å². The second kappa shape index (κ2) is 10.9. The molecule has 5 N–H and O–H groups in total. The monoisotopic (exact) mass is 569 g/mol. The standard InChI is InChI=1S/C30H40ClN5O4/c1-17-6-5-7-20(25(17)31)16-36(39)23-15-19(26-27(32)35-26)9-8-18(23)14-24(36)28(37)33-21-10-12-22(13-11-21)34-29(38)40-30(2,3)4/h5-9,15,21-22,24,26-27,35H,10-14,16,32H2,1-4H3,(H,33,37)(H,34,38). The lowest BCUT2D eigenvalue weighted by Gasteiger charge is -2.44. The first-order valence-corrected chi connectivity index (χ1v) is 14.5. The van der Waals surface area contributed by atoms with Gasteiger partial charge in [0, 0.05) is 35.7 Å². The highest BCUT2D eigenvalue weighted by Crippen LogP contribution is 2.43. The number of hydroxylamine groups is 2. The van der Waals surface area contributed by atoms with Crippen molar-refractivity contribution in [3.05, 3.63) is 68.9 Å². The van der Waals surface area contributed by atoms with Gasteiger partial charge in [-0.05, 0) is 64.5 Å². The van der Waals surface area contributed by atoms with Gasteiger partial charge in [0.05, 0.1) is 17.2 Å². The van der Waals surface area contributed by atoms with Gasteiger partial charge in [-0.25, -0.2) is 4.79 Å². The maximum absolute atomic E-state index is 14.8. The summed E-state index contributed by atoms with van der Waals surface area (Å²) in [4.78, 5) is 25.9. The van der Waals surface area contributed by atoms with E-state index >= 15 is 0 Å². The van der Waals surface area contributed by atoms with Crippen molar-refractivity contribution >= 4 is 29.3 Å². The molecule has 2 amide bonds. The smallest absolute Gasteiger partial charge is 0.407 e. The number of amides is 2. The number of aryl methyl sites for hydroxylation is 1. The minimum absolute atomic E-state index is 0.00240. The minimum atomic E-state index is -0.833. The molecule has 1 saturated carbocycles. The molecule has 3 aliphatic rings. The van der Waals surface area contributed by atoms with Crippen molar-refractivity contribution in [3.63, 3.8) is 0 Å². The van der Waals surface area contributed by atoms with Gasteiger partial charge in [-0.15, -0.1) is 0 Å². The van der Waals surface area contributed by atoms with Gasteiger partial charge in [0.2, 0.25) is 0 Å². The first-order valence-electron chi connectivity index (χ1n) is 14.1. The Kier molecular flexibility index (Phi) is 7.89. The number of benzene rings is 2. The lowest BCUT2D eigenvalue weighted by molar-refractivity contribution is -0.126. The van der Waals surface area contributed by atoms with Crippen LogP contribution >= 0.6 is 11.6 Å². The van der Waals surface area contributed by atoms with Crippen LogP contribution in [0, 0.1) is 12.1 Å². The van der Waals surface area contributed by atoms with Crippen LogP contribution < -0.4 is 26.3 Å². The SMILES string of the molecule is Cc1cccc(C[N+]2([O-])c3cc(C4NC4N)ccc3CC2C(=O)NC2CCC(NC(=O)OC(C)(C)C)CC2)c1Cl. The first-order chi connectivity index (χ1) is 18.8. The Balaban J connectivity index is 1.31. The molecular weight excluding hydrogens is 530 g/mol. The zero-order chi connectivity index (χ0) is 28.8. The van der Waals surface area contributed by atoms with E-state index in [0.29, 0.717) is 30.0 Å². The third-order valence-corrected chi connectivity index (χ3v) is 8.73. The molecular formula is C30H40ClN5O4. The highest BCUT2D eigenvalue weighted by atomic mass is 35.5. The van der Waals surface area contributed by atoms with Crippen molar-refractivity contribution < 1.29 is 14.3 Å². The lowest BCUT2D eigenvalue weighted by atomic mass is 9.91. The molecule has 2 aromatic rings. The summed E-state index contributed by atoms with van der Waals surface area (Å²) in [6, 6.07) is 10.6. The summed E-state index contributed by atoms with van der Waals surface area (Å²) in [7, 11) is 0. The zero-order valence-corrected chi connectivity index (χ0v) is 24.4. The Morgan fingerprint density at radius 2 is 1.77 bits per heavy atom. The van der Waals surface area contributed by atoms with Gasteiger partial charge in [-0.3, -0.25) is 10.1 Å². The number of ether oxygens (including phenoxy) is 1. The number of nitrogens with zero attached hydrogens (tertiary/aromatic N) is 1. The van der Waals surface area contributed by atoms with Crippen LogP contribution in [-0.4, -0.2) is 41.9 Å². The normalized spacial score (nSPS) is 29.4. The summed E-state index contributed by atoms with van der Waals surface area (Å²) in [5.74, 6) is -0.249. The Hall–Kier alpha value is -2.69. The Morgan fingerprint density at radius 3 is 2.40 bits per heavy atom. The Morgan fingerprint density at radius 1 is 1.12 bits per heavy atom. The number of rotatable bonds is 6. The van der Waals surface area contributed by atoms with Gasteiger partial charge in [0.25, 0.3) is 5.91 Å². The predicted octanol–water partition coefficient (Wildman–Crippen LogP) is 4.46. The zero-order valence-electron chi connectivity index (χ0n) is 23.6. The molecule has 1 saturated heterocycles. The van der Waals surface area contributed by atoms with E-state index in [0.717, 1.165) is 35.1 Å². The van der Waals surface area contributed by atoms with Crippen LogP contribution in [0.5, 0.6) is 0 Å². The third-order valence-electron chi connectivity index (χ3n) is 8.19. The van der Waals surface area contributed by atoms with E-state index in [-0.39, 0.29) is 36.7 Å². The average Bonchev–Trinajstić information content (AvgIpc) is 3.54. The van der Waals surface area contributed by atoms with Crippen molar-refractivity contribution in [1.29, 1.82) is 0 Å². The summed E-state index contributed by atoms with van der Waals surface area (Å²) < 4.78 is 4.58. The number of carbonyl (C=O) groups is 2. The second-order valence-electron chi connectivity index (χ2n) is 12.5. The van der Waals surface area contributed by atoms with Crippen LogP contribution in [0.3, 0.4) is 0 Å². The fourth-order valence-corrected chi connectivity index (χ4v) is 6.18. The number of hydrogen-bond acceptors (Lipinski definition) is 6.